The van der Waals surface area contributed by atoms with Crippen LogP contribution in [-0.2, 0) is 10.0 Å². The summed E-state index contributed by atoms with van der Waals surface area (Å²) < 4.78 is 26.1. The summed E-state index contributed by atoms with van der Waals surface area (Å²) >= 11 is 1.78. The van der Waals surface area contributed by atoms with Gasteiger partial charge in [-0.2, -0.15) is 11.8 Å². The summed E-state index contributed by atoms with van der Waals surface area (Å²) in [5.41, 5.74) is 0. The van der Waals surface area contributed by atoms with Gasteiger partial charge in [-0.05, 0) is 37.0 Å². The van der Waals surface area contributed by atoms with Crippen molar-refractivity contribution < 1.29 is 8.42 Å². The zero-order chi connectivity index (χ0) is 11.9. The highest BCUT2D eigenvalue weighted by Crippen LogP contribution is 2.07. The standard InChI is InChI=1S/C11H17NO2S2/c1-15-10-6-5-9-12-16(13,14)11-7-3-2-4-8-11/h2-4,7-8,12H,5-6,9-10H2,1H3. The van der Waals surface area contributed by atoms with Gasteiger partial charge in [-0.25, -0.2) is 13.1 Å². The average Bonchev–Trinajstić information content (AvgIpc) is 2.30. The number of hydrogen-bond acceptors (Lipinski definition) is 3. The van der Waals surface area contributed by atoms with Gasteiger partial charge in [0, 0.05) is 6.54 Å². The van der Waals surface area contributed by atoms with Crippen molar-refractivity contribution in [3.63, 3.8) is 0 Å². The van der Waals surface area contributed by atoms with Gasteiger partial charge in [0.05, 0.1) is 4.90 Å². The fourth-order valence-corrected chi connectivity index (χ4v) is 2.85. The quantitative estimate of drug-likeness (QED) is 0.763. The molecule has 5 heteroatoms. The average molecular weight is 259 g/mol. The van der Waals surface area contributed by atoms with E-state index in [0.717, 1.165) is 18.6 Å². The van der Waals surface area contributed by atoms with E-state index >= 15 is 0 Å². The highest BCUT2D eigenvalue weighted by molar-refractivity contribution is 7.98. The van der Waals surface area contributed by atoms with Crippen LogP contribution in [0.15, 0.2) is 35.2 Å². The monoisotopic (exact) mass is 259 g/mol. The molecule has 0 saturated heterocycles. The van der Waals surface area contributed by atoms with Crippen LogP contribution < -0.4 is 4.72 Å². The van der Waals surface area contributed by atoms with Crippen molar-refractivity contribution in [3.05, 3.63) is 30.3 Å². The van der Waals surface area contributed by atoms with E-state index in [2.05, 4.69) is 4.72 Å². The summed E-state index contributed by atoms with van der Waals surface area (Å²) in [5, 5.41) is 0. The van der Waals surface area contributed by atoms with Crippen molar-refractivity contribution in [2.45, 2.75) is 17.7 Å². The molecule has 0 radical (unpaired) electrons. The van der Waals surface area contributed by atoms with E-state index in [1.54, 1.807) is 42.1 Å². The summed E-state index contributed by atoms with van der Waals surface area (Å²) in [6, 6.07) is 8.45. The first-order chi connectivity index (χ1) is 7.67. The van der Waals surface area contributed by atoms with Crippen LogP contribution in [0.3, 0.4) is 0 Å². The zero-order valence-electron chi connectivity index (χ0n) is 9.35. The lowest BCUT2D eigenvalue weighted by molar-refractivity contribution is 0.578. The summed E-state index contributed by atoms with van der Waals surface area (Å²) in [4.78, 5) is 0.333. The maximum Gasteiger partial charge on any atom is 0.240 e. The highest BCUT2D eigenvalue weighted by atomic mass is 32.2. The highest BCUT2D eigenvalue weighted by Gasteiger charge is 2.11. The molecule has 0 aromatic heterocycles. The number of benzene rings is 1. The first kappa shape index (κ1) is 13.5. The minimum Gasteiger partial charge on any atom is -0.211 e. The molecule has 1 N–H and O–H groups in total. The summed E-state index contributed by atoms with van der Waals surface area (Å²) in [5.74, 6) is 1.08. The molecule has 0 atom stereocenters. The third-order valence-electron chi connectivity index (χ3n) is 2.12. The predicted octanol–water partition coefficient (Wildman–Crippen LogP) is 2.11. The number of rotatable bonds is 7. The van der Waals surface area contributed by atoms with Crippen molar-refractivity contribution >= 4 is 21.8 Å². The SMILES string of the molecule is CSCCCCNS(=O)(=O)c1ccccc1. The molecule has 0 unspecified atom stereocenters. The fourth-order valence-electron chi connectivity index (χ4n) is 1.26. The van der Waals surface area contributed by atoms with E-state index in [1.807, 2.05) is 6.26 Å². The van der Waals surface area contributed by atoms with E-state index in [0.29, 0.717) is 11.4 Å². The van der Waals surface area contributed by atoms with Crippen LogP contribution in [0.25, 0.3) is 0 Å². The van der Waals surface area contributed by atoms with Gasteiger partial charge in [-0.1, -0.05) is 18.2 Å². The molecule has 0 heterocycles. The molecular formula is C11H17NO2S2. The Labute approximate surface area is 102 Å². The molecule has 1 aromatic carbocycles. The van der Waals surface area contributed by atoms with E-state index in [4.69, 9.17) is 0 Å². The predicted molar refractivity (Wildman–Crippen MR) is 69.2 cm³/mol. The van der Waals surface area contributed by atoms with Gasteiger partial charge in [0.2, 0.25) is 10.0 Å². The Hall–Kier alpha value is -0.520. The third-order valence-corrected chi connectivity index (χ3v) is 4.29. The molecule has 90 valence electrons. The first-order valence-electron chi connectivity index (χ1n) is 5.20. The largest absolute Gasteiger partial charge is 0.240 e. The van der Waals surface area contributed by atoms with Crippen molar-refractivity contribution in [2.75, 3.05) is 18.6 Å². The van der Waals surface area contributed by atoms with Gasteiger partial charge in [0.15, 0.2) is 0 Å². The lowest BCUT2D eigenvalue weighted by Crippen LogP contribution is -2.24. The van der Waals surface area contributed by atoms with Crippen LogP contribution in [0, 0.1) is 0 Å². The Kier molecular flexibility index (Phi) is 5.87. The van der Waals surface area contributed by atoms with Gasteiger partial charge in [0.25, 0.3) is 0 Å². The Morgan fingerprint density at radius 3 is 2.50 bits per heavy atom. The summed E-state index contributed by atoms with van der Waals surface area (Å²) in [6.45, 7) is 0.512. The van der Waals surface area contributed by atoms with E-state index < -0.39 is 10.0 Å². The number of nitrogens with one attached hydrogen (secondary N) is 1. The molecule has 0 amide bonds. The van der Waals surface area contributed by atoms with Crippen LogP contribution in [0.1, 0.15) is 12.8 Å². The van der Waals surface area contributed by atoms with Crippen molar-refractivity contribution in [3.8, 4) is 0 Å². The maximum absolute atomic E-state index is 11.7. The van der Waals surface area contributed by atoms with Crippen LogP contribution in [0.2, 0.25) is 0 Å². The molecule has 0 bridgehead atoms. The van der Waals surface area contributed by atoms with Crippen LogP contribution >= 0.6 is 11.8 Å². The third kappa shape index (κ3) is 4.55. The number of sulfonamides is 1. The number of thioether (sulfide) groups is 1. The van der Waals surface area contributed by atoms with Gasteiger partial charge < -0.3 is 0 Å². The first-order valence-corrected chi connectivity index (χ1v) is 8.08. The summed E-state index contributed by atoms with van der Waals surface area (Å²) in [7, 11) is -3.30. The van der Waals surface area contributed by atoms with Crippen molar-refractivity contribution in [1.29, 1.82) is 0 Å². The minimum atomic E-state index is -3.30. The molecular weight excluding hydrogens is 242 g/mol. The fraction of sp³-hybridized carbons (Fsp3) is 0.455. The molecule has 3 nitrogen and oxygen atoms in total. The summed E-state index contributed by atoms with van der Waals surface area (Å²) in [6.07, 6.45) is 3.97. The Balaban J connectivity index is 2.41. The Morgan fingerprint density at radius 2 is 1.88 bits per heavy atom. The van der Waals surface area contributed by atoms with Gasteiger partial charge in [-0.3, -0.25) is 0 Å². The second-order valence-corrected chi connectivity index (χ2v) is 6.16. The molecule has 0 aliphatic carbocycles. The molecule has 0 aliphatic rings. The normalized spacial score (nSPS) is 11.6. The molecule has 16 heavy (non-hydrogen) atoms. The minimum absolute atomic E-state index is 0.333. The van der Waals surface area contributed by atoms with Gasteiger partial charge in [0.1, 0.15) is 0 Å². The Bertz CT molecular complexity index is 390. The van der Waals surface area contributed by atoms with Gasteiger partial charge >= 0.3 is 0 Å². The van der Waals surface area contributed by atoms with E-state index in [-0.39, 0.29) is 0 Å². The molecule has 0 spiro atoms. The lowest BCUT2D eigenvalue weighted by atomic mass is 10.3. The van der Waals surface area contributed by atoms with Crippen molar-refractivity contribution in [1.82, 2.24) is 4.72 Å². The Morgan fingerprint density at radius 1 is 1.19 bits per heavy atom. The lowest BCUT2D eigenvalue weighted by Gasteiger charge is -2.05. The second-order valence-electron chi connectivity index (χ2n) is 3.41. The van der Waals surface area contributed by atoms with Crippen LogP contribution in [-0.4, -0.2) is 27.0 Å². The van der Waals surface area contributed by atoms with Gasteiger partial charge in [-0.15, -0.1) is 0 Å². The molecule has 0 fully saturated rings. The van der Waals surface area contributed by atoms with Crippen molar-refractivity contribution in [2.24, 2.45) is 0 Å². The van der Waals surface area contributed by atoms with Crippen LogP contribution in [0.4, 0.5) is 0 Å². The number of hydrogen-bond donors (Lipinski definition) is 1. The van der Waals surface area contributed by atoms with E-state index in [1.165, 1.54) is 0 Å². The molecule has 0 saturated carbocycles. The smallest absolute Gasteiger partial charge is 0.211 e. The molecule has 0 aliphatic heterocycles. The second kappa shape index (κ2) is 6.93. The topological polar surface area (TPSA) is 46.2 Å². The molecule has 1 rings (SSSR count). The van der Waals surface area contributed by atoms with E-state index in [9.17, 15) is 8.42 Å². The maximum atomic E-state index is 11.7. The van der Waals surface area contributed by atoms with Crippen LogP contribution in [0.5, 0.6) is 0 Å². The molecule has 1 aromatic rings. The number of unbranched alkanes of at least 4 members (excludes halogenated alkanes) is 1. The zero-order valence-corrected chi connectivity index (χ0v) is 11.0.